The summed E-state index contributed by atoms with van der Waals surface area (Å²) in [6.45, 7) is 3.76. The highest BCUT2D eigenvalue weighted by atomic mass is 32.2. The van der Waals surface area contributed by atoms with Crippen molar-refractivity contribution in [2.75, 3.05) is 21.2 Å². The first-order valence-electron chi connectivity index (χ1n) is 7.29. The van der Waals surface area contributed by atoms with Crippen LogP contribution in [0.4, 0.5) is 0 Å². The quantitative estimate of drug-likeness (QED) is 0.731. The molecule has 2 amide bonds. The Bertz CT molecular complexity index is 714. The number of hydrazine groups is 1. The zero-order chi connectivity index (χ0) is 18.5. The summed E-state index contributed by atoms with van der Waals surface area (Å²) < 4.78 is 30.7. The molecular formula is C15H23N3O5S. The Morgan fingerprint density at radius 3 is 2.33 bits per heavy atom. The van der Waals surface area contributed by atoms with E-state index in [-0.39, 0.29) is 34.5 Å². The number of carbonyl (C=O) groups excluding carboxylic acids is 2. The van der Waals surface area contributed by atoms with Crippen molar-refractivity contribution in [1.29, 1.82) is 0 Å². The number of amides is 2. The van der Waals surface area contributed by atoms with Crippen molar-refractivity contribution in [3.63, 3.8) is 0 Å². The van der Waals surface area contributed by atoms with Crippen LogP contribution < -0.4 is 15.6 Å². The van der Waals surface area contributed by atoms with Gasteiger partial charge in [0.15, 0.2) is 0 Å². The SMILES string of the molecule is COc1ccc(C(=O)NNC(=O)CC(C)C)cc1S(=O)(=O)N(C)C. The van der Waals surface area contributed by atoms with Crippen LogP contribution in [0, 0.1) is 5.92 Å². The Kier molecular flexibility index (Phi) is 6.73. The summed E-state index contributed by atoms with van der Waals surface area (Å²) in [6.07, 6.45) is 0.267. The third kappa shape index (κ3) is 4.93. The van der Waals surface area contributed by atoms with Crippen molar-refractivity contribution in [1.82, 2.24) is 15.2 Å². The Morgan fingerprint density at radius 2 is 1.83 bits per heavy atom. The summed E-state index contributed by atoms with van der Waals surface area (Å²) in [5.41, 5.74) is 4.64. The van der Waals surface area contributed by atoms with Crippen molar-refractivity contribution < 1.29 is 22.7 Å². The van der Waals surface area contributed by atoms with E-state index in [1.54, 1.807) is 0 Å². The number of benzene rings is 1. The van der Waals surface area contributed by atoms with Gasteiger partial charge in [-0.3, -0.25) is 20.4 Å². The number of carbonyl (C=O) groups is 2. The highest BCUT2D eigenvalue weighted by Gasteiger charge is 2.24. The molecule has 134 valence electrons. The molecule has 8 nitrogen and oxygen atoms in total. The number of nitrogens with one attached hydrogen (secondary N) is 2. The molecule has 0 spiro atoms. The van der Waals surface area contributed by atoms with E-state index in [9.17, 15) is 18.0 Å². The normalized spacial score (nSPS) is 11.5. The van der Waals surface area contributed by atoms with Crippen LogP contribution in [0.25, 0.3) is 0 Å². The number of nitrogens with zero attached hydrogens (tertiary/aromatic N) is 1. The van der Waals surface area contributed by atoms with Crippen molar-refractivity contribution in [2.45, 2.75) is 25.2 Å². The maximum absolute atomic E-state index is 12.3. The molecule has 1 aromatic carbocycles. The molecule has 0 aliphatic carbocycles. The van der Waals surface area contributed by atoms with Gasteiger partial charge in [-0.1, -0.05) is 13.8 Å². The smallest absolute Gasteiger partial charge is 0.269 e. The first kappa shape index (κ1) is 19.9. The summed E-state index contributed by atoms with van der Waals surface area (Å²) in [6, 6.07) is 4.01. The van der Waals surface area contributed by atoms with E-state index in [2.05, 4.69) is 10.9 Å². The molecule has 0 unspecified atom stereocenters. The van der Waals surface area contributed by atoms with Gasteiger partial charge in [-0.15, -0.1) is 0 Å². The van der Waals surface area contributed by atoms with Gasteiger partial charge in [0.25, 0.3) is 5.91 Å². The van der Waals surface area contributed by atoms with E-state index in [1.165, 1.54) is 39.4 Å². The summed E-state index contributed by atoms with van der Waals surface area (Å²) in [4.78, 5) is 23.5. The lowest BCUT2D eigenvalue weighted by atomic mass is 10.1. The zero-order valence-electron chi connectivity index (χ0n) is 14.4. The molecule has 2 N–H and O–H groups in total. The fourth-order valence-corrected chi connectivity index (χ4v) is 2.91. The summed E-state index contributed by atoms with van der Waals surface area (Å²) >= 11 is 0. The van der Waals surface area contributed by atoms with Crippen LogP contribution >= 0.6 is 0 Å². The molecule has 0 fully saturated rings. The second-order valence-electron chi connectivity index (χ2n) is 5.75. The third-order valence-corrected chi connectivity index (χ3v) is 4.93. The molecule has 0 saturated heterocycles. The standard InChI is InChI=1S/C15H23N3O5S/c1-10(2)8-14(19)16-17-15(20)11-6-7-12(23-5)13(9-11)24(21,22)18(3)4/h6-7,9-10H,8H2,1-5H3,(H,16,19)(H,17,20). The van der Waals surface area contributed by atoms with Crippen LogP contribution in [0.15, 0.2) is 23.1 Å². The minimum absolute atomic E-state index is 0.0843. The molecule has 1 rings (SSSR count). The molecule has 0 aliphatic heterocycles. The van der Waals surface area contributed by atoms with E-state index in [0.717, 1.165) is 4.31 Å². The van der Waals surface area contributed by atoms with Gasteiger partial charge < -0.3 is 4.74 Å². The van der Waals surface area contributed by atoms with Gasteiger partial charge in [-0.25, -0.2) is 12.7 Å². The number of rotatable bonds is 6. The average molecular weight is 357 g/mol. The van der Waals surface area contributed by atoms with Gasteiger partial charge in [-0.2, -0.15) is 0 Å². The first-order valence-corrected chi connectivity index (χ1v) is 8.73. The lowest BCUT2D eigenvalue weighted by Gasteiger charge is -2.15. The van der Waals surface area contributed by atoms with Gasteiger partial charge in [0.2, 0.25) is 15.9 Å². The maximum Gasteiger partial charge on any atom is 0.269 e. The van der Waals surface area contributed by atoms with Gasteiger partial charge in [-0.05, 0) is 24.1 Å². The van der Waals surface area contributed by atoms with Crippen LogP contribution in [0.3, 0.4) is 0 Å². The van der Waals surface area contributed by atoms with Gasteiger partial charge >= 0.3 is 0 Å². The molecule has 0 saturated carbocycles. The lowest BCUT2D eigenvalue weighted by molar-refractivity contribution is -0.122. The number of hydrogen-bond donors (Lipinski definition) is 2. The van der Waals surface area contributed by atoms with Crippen molar-refractivity contribution in [3.8, 4) is 5.75 Å². The van der Waals surface area contributed by atoms with Crippen molar-refractivity contribution >= 4 is 21.8 Å². The zero-order valence-corrected chi connectivity index (χ0v) is 15.2. The van der Waals surface area contributed by atoms with Crippen LogP contribution in [0.2, 0.25) is 0 Å². The topological polar surface area (TPSA) is 105 Å². The Balaban J connectivity index is 3.02. The summed E-state index contributed by atoms with van der Waals surface area (Å²) in [5, 5.41) is 0. The Hall–Kier alpha value is -2.13. The van der Waals surface area contributed by atoms with E-state index in [0.29, 0.717) is 0 Å². The predicted molar refractivity (Wildman–Crippen MR) is 88.9 cm³/mol. The molecule has 1 aromatic rings. The Labute approximate surface area is 142 Å². The van der Waals surface area contributed by atoms with E-state index in [1.807, 2.05) is 13.8 Å². The van der Waals surface area contributed by atoms with Crippen molar-refractivity contribution in [3.05, 3.63) is 23.8 Å². The predicted octanol–water partition coefficient (Wildman–Crippen LogP) is 0.753. The maximum atomic E-state index is 12.3. The average Bonchev–Trinajstić information content (AvgIpc) is 2.51. The number of hydrogen-bond acceptors (Lipinski definition) is 5. The van der Waals surface area contributed by atoms with E-state index >= 15 is 0 Å². The minimum Gasteiger partial charge on any atom is -0.495 e. The molecule has 24 heavy (non-hydrogen) atoms. The van der Waals surface area contributed by atoms with E-state index in [4.69, 9.17) is 4.74 Å². The van der Waals surface area contributed by atoms with E-state index < -0.39 is 15.9 Å². The number of ether oxygens (including phenoxy) is 1. The van der Waals surface area contributed by atoms with Crippen molar-refractivity contribution in [2.24, 2.45) is 5.92 Å². The molecule has 0 heterocycles. The molecule has 0 aliphatic rings. The lowest BCUT2D eigenvalue weighted by Crippen LogP contribution is -2.42. The van der Waals surface area contributed by atoms with Gasteiger partial charge in [0.05, 0.1) is 7.11 Å². The highest BCUT2D eigenvalue weighted by molar-refractivity contribution is 7.89. The minimum atomic E-state index is -3.78. The van der Waals surface area contributed by atoms with Crippen LogP contribution in [-0.4, -0.2) is 45.7 Å². The second-order valence-corrected chi connectivity index (χ2v) is 7.87. The van der Waals surface area contributed by atoms with Gasteiger partial charge in [0, 0.05) is 26.1 Å². The second kappa shape index (κ2) is 8.11. The first-order chi connectivity index (χ1) is 11.1. The number of methoxy groups -OCH3 is 1. The fraction of sp³-hybridized carbons (Fsp3) is 0.467. The van der Waals surface area contributed by atoms with Crippen LogP contribution in [-0.2, 0) is 14.8 Å². The monoisotopic (exact) mass is 357 g/mol. The summed E-state index contributed by atoms with van der Waals surface area (Å²) in [5.74, 6) is -0.665. The van der Waals surface area contributed by atoms with Crippen LogP contribution in [0.5, 0.6) is 5.75 Å². The van der Waals surface area contributed by atoms with Gasteiger partial charge in [0.1, 0.15) is 10.6 Å². The summed E-state index contributed by atoms with van der Waals surface area (Å²) in [7, 11) is 0.326. The largest absolute Gasteiger partial charge is 0.495 e. The molecule has 0 atom stereocenters. The molecular weight excluding hydrogens is 334 g/mol. The third-order valence-electron chi connectivity index (χ3n) is 3.09. The highest BCUT2D eigenvalue weighted by Crippen LogP contribution is 2.26. The molecule has 0 bridgehead atoms. The molecule has 0 radical (unpaired) electrons. The van der Waals surface area contributed by atoms with Crippen LogP contribution in [0.1, 0.15) is 30.6 Å². The number of sulfonamides is 1. The molecule has 0 aromatic heterocycles. The Morgan fingerprint density at radius 1 is 1.21 bits per heavy atom. The fourth-order valence-electron chi connectivity index (χ4n) is 1.84. The molecule has 9 heteroatoms.